The van der Waals surface area contributed by atoms with Crippen LogP contribution in [0.25, 0.3) is 0 Å². The van der Waals surface area contributed by atoms with E-state index < -0.39 is 0 Å². The third kappa shape index (κ3) is 3.48. The molecular weight excluding hydrogens is 298 g/mol. The molecule has 0 N–H and O–H groups in total. The van der Waals surface area contributed by atoms with Gasteiger partial charge in [0.1, 0.15) is 12.9 Å². The predicted octanol–water partition coefficient (Wildman–Crippen LogP) is -0.706. The quantitative estimate of drug-likeness (QED) is 0.716. The molecule has 2 aliphatic heterocycles. The second kappa shape index (κ2) is 6.84. The van der Waals surface area contributed by atoms with Crippen molar-refractivity contribution in [2.24, 2.45) is 7.05 Å². The maximum Gasteiger partial charge on any atom is 0.345 e. The largest absolute Gasteiger partial charge is 0.380 e. The van der Waals surface area contributed by atoms with Crippen LogP contribution in [-0.2, 0) is 23.1 Å². The molecule has 0 radical (unpaired) electrons. The smallest absolute Gasteiger partial charge is 0.345 e. The molecule has 0 saturated carbocycles. The maximum atomic E-state index is 12.7. The van der Waals surface area contributed by atoms with Crippen LogP contribution < -0.4 is 5.69 Å². The van der Waals surface area contributed by atoms with Crippen LogP contribution in [0, 0.1) is 0 Å². The monoisotopic (exact) mass is 323 g/mol. The highest BCUT2D eigenvalue weighted by atomic mass is 16.5. The summed E-state index contributed by atoms with van der Waals surface area (Å²) in [6.07, 6.45) is 4.83. The zero-order valence-corrected chi connectivity index (χ0v) is 13.8. The second-order valence-corrected chi connectivity index (χ2v) is 6.48. The lowest BCUT2D eigenvalue weighted by Crippen LogP contribution is -2.45. The Labute approximate surface area is 135 Å². The first kappa shape index (κ1) is 16.2. The number of carbonyl (C=O) groups is 1. The molecule has 2 atom stereocenters. The van der Waals surface area contributed by atoms with E-state index in [9.17, 15) is 9.59 Å². The molecule has 0 unspecified atom stereocenters. The zero-order valence-electron chi connectivity index (χ0n) is 13.8. The van der Waals surface area contributed by atoms with Gasteiger partial charge in [-0.25, -0.2) is 9.48 Å². The summed E-state index contributed by atoms with van der Waals surface area (Å²) in [7, 11) is 3.32. The van der Waals surface area contributed by atoms with Crippen molar-refractivity contribution in [1.82, 2.24) is 24.1 Å². The van der Waals surface area contributed by atoms with Gasteiger partial charge in [0.15, 0.2) is 0 Å². The molecule has 23 heavy (non-hydrogen) atoms. The molecule has 0 bridgehead atoms. The molecule has 3 heterocycles. The third-order valence-corrected chi connectivity index (χ3v) is 4.87. The molecule has 128 valence electrons. The highest BCUT2D eigenvalue weighted by molar-refractivity contribution is 5.76. The van der Waals surface area contributed by atoms with Crippen molar-refractivity contribution in [2.75, 3.05) is 33.3 Å². The van der Waals surface area contributed by atoms with Crippen LogP contribution in [0.5, 0.6) is 0 Å². The second-order valence-electron chi connectivity index (χ2n) is 6.48. The summed E-state index contributed by atoms with van der Waals surface area (Å²) in [5, 5.41) is 3.97. The fourth-order valence-electron chi connectivity index (χ4n) is 3.53. The van der Waals surface area contributed by atoms with Gasteiger partial charge >= 0.3 is 5.69 Å². The number of nitrogens with zero attached hydrogens (tertiary/aromatic N) is 5. The summed E-state index contributed by atoms with van der Waals surface area (Å²) in [6, 6.07) is 0.157. The molecule has 0 spiro atoms. The summed E-state index contributed by atoms with van der Waals surface area (Å²) < 4.78 is 8.05. The van der Waals surface area contributed by atoms with E-state index in [1.54, 1.807) is 14.2 Å². The van der Waals surface area contributed by atoms with Crippen LogP contribution in [0.1, 0.15) is 19.3 Å². The van der Waals surface area contributed by atoms with E-state index in [-0.39, 0.29) is 30.3 Å². The summed E-state index contributed by atoms with van der Waals surface area (Å²) in [5.74, 6) is -0.0606. The van der Waals surface area contributed by atoms with Crippen molar-refractivity contribution in [2.45, 2.75) is 38.0 Å². The number of hydrogen-bond acceptors (Lipinski definition) is 5. The number of rotatable bonds is 5. The first-order chi connectivity index (χ1) is 11.1. The Morgan fingerprint density at radius 1 is 1.39 bits per heavy atom. The van der Waals surface area contributed by atoms with Gasteiger partial charge < -0.3 is 14.5 Å². The van der Waals surface area contributed by atoms with Gasteiger partial charge in [0, 0.05) is 33.3 Å². The molecule has 0 aliphatic carbocycles. The van der Waals surface area contributed by atoms with Crippen LogP contribution in [0.2, 0.25) is 0 Å². The normalized spacial score (nSPS) is 25.4. The van der Waals surface area contributed by atoms with Crippen LogP contribution >= 0.6 is 0 Å². The van der Waals surface area contributed by atoms with Crippen molar-refractivity contribution < 1.29 is 9.53 Å². The first-order valence-corrected chi connectivity index (χ1v) is 8.21. The molecule has 1 amide bonds. The Morgan fingerprint density at radius 2 is 2.13 bits per heavy atom. The average molecular weight is 323 g/mol. The standard InChI is InChI=1S/C15H25N5O3/c1-17-11-16-20(15(17)22)10-14(21)19-9-13(23-2)7-12(19)8-18-5-3-4-6-18/h11-13H,3-10H2,1-2H3/t12-,13-/m0/s1. The number of aromatic nitrogens is 3. The minimum atomic E-state index is -0.267. The van der Waals surface area contributed by atoms with E-state index in [1.165, 1.54) is 28.4 Å². The number of hydrogen-bond donors (Lipinski definition) is 0. The molecule has 2 aliphatic rings. The van der Waals surface area contributed by atoms with Gasteiger partial charge in [-0.3, -0.25) is 9.36 Å². The van der Waals surface area contributed by atoms with Gasteiger partial charge in [0.2, 0.25) is 5.91 Å². The van der Waals surface area contributed by atoms with Crippen LogP contribution in [0.4, 0.5) is 0 Å². The first-order valence-electron chi connectivity index (χ1n) is 8.21. The zero-order chi connectivity index (χ0) is 16.4. The fraction of sp³-hybridized carbons (Fsp3) is 0.800. The molecule has 0 aromatic carbocycles. The van der Waals surface area contributed by atoms with E-state index in [1.807, 2.05) is 4.90 Å². The van der Waals surface area contributed by atoms with Crippen LogP contribution in [0.15, 0.2) is 11.1 Å². The van der Waals surface area contributed by atoms with Gasteiger partial charge in [0.05, 0.1) is 6.10 Å². The molecule has 2 saturated heterocycles. The SMILES string of the molecule is CO[C@H]1C[C@@H](CN2CCCC2)N(C(=O)Cn2ncn(C)c2=O)C1. The fourth-order valence-corrected chi connectivity index (χ4v) is 3.53. The van der Waals surface area contributed by atoms with Crippen LogP contribution in [0.3, 0.4) is 0 Å². The van der Waals surface area contributed by atoms with E-state index in [0.717, 1.165) is 26.1 Å². The van der Waals surface area contributed by atoms with E-state index in [2.05, 4.69) is 10.00 Å². The van der Waals surface area contributed by atoms with Crippen molar-refractivity contribution in [3.05, 3.63) is 16.8 Å². The Balaban J connectivity index is 1.68. The minimum Gasteiger partial charge on any atom is -0.380 e. The van der Waals surface area contributed by atoms with Gasteiger partial charge in [-0.1, -0.05) is 0 Å². The van der Waals surface area contributed by atoms with E-state index in [4.69, 9.17) is 4.74 Å². The number of aryl methyl sites for hydroxylation is 1. The van der Waals surface area contributed by atoms with Crippen molar-refractivity contribution in [3.63, 3.8) is 0 Å². The van der Waals surface area contributed by atoms with Gasteiger partial charge in [-0.15, -0.1) is 0 Å². The summed E-state index contributed by atoms with van der Waals surface area (Å²) in [6.45, 7) is 3.69. The minimum absolute atomic E-state index is 0.00733. The lowest BCUT2D eigenvalue weighted by Gasteiger charge is -2.28. The number of amides is 1. The van der Waals surface area contributed by atoms with Crippen molar-refractivity contribution in [3.8, 4) is 0 Å². The van der Waals surface area contributed by atoms with Gasteiger partial charge in [0.25, 0.3) is 0 Å². The van der Waals surface area contributed by atoms with Crippen molar-refractivity contribution in [1.29, 1.82) is 0 Å². The molecule has 1 aromatic rings. The summed E-state index contributed by atoms with van der Waals surface area (Å²) >= 11 is 0. The molecule has 1 aromatic heterocycles. The Kier molecular flexibility index (Phi) is 4.82. The number of ether oxygens (including phenoxy) is 1. The predicted molar refractivity (Wildman–Crippen MR) is 84.1 cm³/mol. The Bertz CT molecular complexity index is 604. The van der Waals surface area contributed by atoms with Gasteiger partial charge in [-0.05, 0) is 32.4 Å². The van der Waals surface area contributed by atoms with E-state index >= 15 is 0 Å². The van der Waals surface area contributed by atoms with Crippen LogP contribution in [-0.4, -0.2) is 75.5 Å². The number of carbonyl (C=O) groups excluding carboxylic acids is 1. The molecular formula is C15H25N5O3. The number of methoxy groups -OCH3 is 1. The molecule has 3 rings (SSSR count). The summed E-state index contributed by atoms with van der Waals surface area (Å²) in [5.41, 5.74) is -0.267. The lowest BCUT2D eigenvalue weighted by molar-refractivity contribution is -0.133. The van der Waals surface area contributed by atoms with Crippen molar-refractivity contribution >= 4 is 5.91 Å². The topological polar surface area (TPSA) is 72.6 Å². The number of likely N-dealkylation sites (tertiary alicyclic amines) is 2. The highest BCUT2D eigenvalue weighted by Gasteiger charge is 2.36. The highest BCUT2D eigenvalue weighted by Crippen LogP contribution is 2.22. The Hall–Kier alpha value is -1.67. The van der Waals surface area contributed by atoms with Gasteiger partial charge in [-0.2, -0.15) is 5.10 Å². The molecule has 8 heteroatoms. The summed E-state index contributed by atoms with van der Waals surface area (Å²) in [4.78, 5) is 28.8. The maximum absolute atomic E-state index is 12.7. The Morgan fingerprint density at radius 3 is 2.74 bits per heavy atom. The lowest BCUT2D eigenvalue weighted by atomic mass is 10.2. The average Bonchev–Trinajstić information content (AvgIpc) is 3.25. The molecule has 8 nitrogen and oxygen atoms in total. The van der Waals surface area contributed by atoms with E-state index in [0.29, 0.717) is 6.54 Å². The molecule has 2 fully saturated rings. The third-order valence-electron chi connectivity index (χ3n) is 4.87.